The maximum absolute atomic E-state index is 10.4. The summed E-state index contributed by atoms with van der Waals surface area (Å²) in [6.45, 7) is 0.649. The van der Waals surface area contributed by atoms with Crippen molar-refractivity contribution in [3.8, 4) is 0 Å². The molecule has 0 radical (unpaired) electrons. The topological polar surface area (TPSA) is 95.2 Å². The Hall–Kier alpha value is -1.06. The zero-order chi connectivity index (χ0) is 10.6. The summed E-state index contributed by atoms with van der Waals surface area (Å²) in [6, 6.07) is 4.64. The number of hydrogen-bond donors (Lipinski definition) is 2. The third-order valence-electron chi connectivity index (χ3n) is 1.71. The zero-order valence-corrected chi connectivity index (χ0v) is 9.66. The summed E-state index contributed by atoms with van der Waals surface area (Å²) in [5.41, 5.74) is 11.6. The van der Waals surface area contributed by atoms with Gasteiger partial charge in [0.25, 0.3) is 0 Å². The fourth-order valence-electron chi connectivity index (χ4n) is 1.03. The standard InChI is InChI=1S/C8H12AsN3O2/c10-4-3-9-7-2-1-6(12(13)14)5-8(7)11/h1-2,5,9H,3-4,10-11H2. The third-order valence-corrected chi connectivity index (χ3v) is 4.59. The number of benzene rings is 1. The second kappa shape index (κ2) is 4.98. The summed E-state index contributed by atoms with van der Waals surface area (Å²) >= 11 is -0.332. The molecule has 0 saturated heterocycles. The number of anilines is 1. The predicted octanol–water partition coefficient (Wildman–Crippen LogP) is -0.384. The molecule has 14 heavy (non-hydrogen) atoms. The molecule has 0 aliphatic heterocycles. The maximum atomic E-state index is 10.4. The van der Waals surface area contributed by atoms with Crippen molar-refractivity contribution in [3.05, 3.63) is 28.3 Å². The number of hydrogen-bond acceptors (Lipinski definition) is 4. The second-order valence-electron chi connectivity index (χ2n) is 2.74. The van der Waals surface area contributed by atoms with Crippen LogP contribution in [0, 0.1) is 10.1 Å². The van der Waals surface area contributed by atoms with Crippen molar-refractivity contribution in [2.45, 2.75) is 5.21 Å². The van der Waals surface area contributed by atoms with E-state index in [0.29, 0.717) is 12.2 Å². The molecule has 0 heterocycles. The summed E-state index contributed by atoms with van der Waals surface area (Å²) in [7, 11) is 0. The van der Waals surface area contributed by atoms with Crippen LogP contribution in [0.5, 0.6) is 0 Å². The van der Waals surface area contributed by atoms with E-state index in [0.717, 1.165) is 9.56 Å². The first-order valence-corrected chi connectivity index (χ1v) is 6.66. The van der Waals surface area contributed by atoms with Crippen molar-refractivity contribution >= 4 is 31.5 Å². The van der Waals surface area contributed by atoms with Crippen molar-refractivity contribution in [2.24, 2.45) is 5.73 Å². The summed E-state index contributed by atoms with van der Waals surface area (Å²) in [6.07, 6.45) is 0. The van der Waals surface area contributed by atoms with Crippen LogP contribution < -0.4 is 15.8 Å². The molecule has 5 nitrogen and oxygen atoms in total. The number of nitrogen functional groups attached to an aromatic ring is 1. The number of nitro groups is 1. The molecular formula is C8H12AsN3O2. The monoisotopic (exact) mass is 257 g/mol. The Morgan fingerprint density at radius 1 is 1.50 bits per heavy atom. The van der Waals surface area contributed by atoms with Crippen molar-refractivity contribution in [1.29, 1.82) is 0 Å². The van der Waals surface area contributed by atoms with E-state index in [1.165, 1.54) is 12.1 Å². The normalized spacial score (nSPS) is 10.9. The van der Waals surface area contributed by atoms with Gasteiger partial charge in [-0.2, -0.15) is 0 Å². The van der Waals surface area contributed by atoms with E-state index >= 15 is 0 Å². The third kappa shape index (κ3) is 2.72. The minimum atomic E-state index is -0.441. The molecule has 1 unspecified atom stereocenters. The molecule has 4 N–H and O–H groups in total. The Morgan fingerprint density at radius 2 is 2.21 bits per heavy atom. The summed E-state index contributed by atoms with van der Waals surface area (Å²) in [5, 5.41) is 11.4. The first-order valence-electron chi connectivity index (χ1n) is 4.13. The van der Waals surface area contributed by atoms with E-state index in [-0.39, 0.29) is 21.4 Å². The first kappa shape index (κ1) is 11.0. The first-order chi connectivity index (χ1) is 6.65. The molecule has 1 atom stereocenters. The summed E-state index contributed by atoms with van der Waals surface area (Å²) < 4.78 is 1.04. The van der Waals surface area contributed by atoms with E-state index in [9.17, 15) is 10.1 Å². The second-order valence-corrected chi connectivity index (χ2v) is 5.67. The molecule has 0 bridgehead atoms. The quantitative estimate of drug-likeness (QED) is 0.332. The van der Waals surface area contributed by atoms with Crippen LogP contribution in [0.25, 0.3) is 0 Å². The molecule has 6 heteroatoms. The summed E-state index contributed by atoms with van der Waals surface area (Å²) in [4.78, 5) is 9.98. The molecule has 0 fully saturated rings. The average Bonchev–Trinajstić information content (AvgIpc) is 2.15. The van der Waals surface area contributed by atoms with Gasteiger partial charge in [0.2, 0.25) is 0 Å². The number of nitro benzene ring substituents is 1. The fraction of sp³-hybridized carbons (Fsp3) is 0.250. The molecule has 0 spiro atoms. The average molecular weight is 257 g/mol. The van der Waals surface area contributed by atoms with Crippen LogP contribution in [0.2, 0.25) is 5.21 Å². The van der Waals surface area contributed by atoms with Crippen molar-refractivity contribution in [1.82, 2.24) is 0 Å². The van der Waals surface area contributed by atoms with Gasteiger partial charge in [0.05, 0.1) is 0 Å². The van der Waals surface area contributed by atoms with Crippen LogP contribution in [0.15, 0.2) is 18.2 Å². The van der Waals surface area contributed by atoms with E-state index in [2.05, 4.69) is 0 Å². The Morgan fingerprint density at radius 3 is 2.71 bits per heavy atom. The Bertz CT molecular complexity index is 343. The van der Waals surface area contributed by atoms with E-state index in [1.54, 1.807) is 6.07 Å². The van der Waals surface area contributed by atoms with Gasteiger partial charge in [-0.05, 0) is 0 Å². The Kier molecular flexibility index (Phi) is 3.92. The number of rotatable bonds is 4. The van der Waals surface area contributed by atoms with Crippen LogP contribution in [-0.4, -0.2) is 27.2 Å². The molecule has 1 rings (SSSR count). The molecular weight excluding hydrogens is 245 g/mol. The van der Waals surface area contributed by atoms with Gasteiger partial charge < -0.3 is 0 Å². The molecule has 1 aromatic carbocycles. The van der Waals surface area contributed by atoms with Gasteiger partial charge in [-0.3, -0.25) is 0 Å². The SMILES string of the molecule is NCC[AsH]c1ccc([N+](=O)[O-])cc1N. The molecule has 0 aliphatic rings. The molecule has 0 aromatic heterocycles. The van der Waals surface area contributed by atoms with Crippen LogP contribution in [0.4, 0.5) is 11.4 Å². The molecule has 0 saturated carbocycles. The van der Waals surface area contributed by atoms with Gasteiger partial charge in [-0.1, -0.05) is 0 Å². The van der Waals surface area contributed by atoms with E-state index in [4.69, 9.17) is 11.5 Å². The Labute approximate surface area is 88.3 Å². The predicted molar refractivity (Wildman–Crippen MR) is 58.2 cm³/mol. The van der Waals surface area contributed by atoms with E-state index < -0.39 is 4.92 Å². The van der Waals surface area contributed by atoms with Crippen molar-refractivity contribution in [3.63, 3.8) is 0 Å². The molecule has 76 valence electrons. The number of non-ortho nitro benzene ring substituents is 1. The van der Waals surface area contributed by atoms with Gasteiger partial charge in [-0.25, -0.2) is 0 Å². The van der Waals surface area contributed by atoms with Gasteiger partial charge >= 0.3 is 87.9 Å². The van der Waals surface area contributed by atoms with Crippen LogP contribution in [-0.2, 0) is 0 Å². The van der Waals surface area contributed by atoms with Crippen molar-refractivity contribution in [2.75, 3.05) is 12.3 Å². The Balaban J connectivity index is 2.84. The van der Waals surface area contributed by atoms with Gasteiger partial charge in [0.1, 0.15) is 0 Å². The van der Waals surface area contributed by atoms with Crippen LogP contribution in [0.3, 0.4) is 0 Å². The molecule has 1 aromatic rings. The van der Waals surface area contributed by atoms with Crippen LogP contribution in [0.1, 0.15) is 0 Å². The van der Waals surface area contributed by atoms with Gasteiger partial charge in [0, 0.05) is 0 Å². The molecule has 0 aliphatic carbocycles. The van der Waals surface area contributed by atoms with E-state index in [1.807, 2.05) is 0 Å². The number of nitrogens with zero attached hydrogens (tertiary/aromatic N) is 1. The van der Waals surface area contributed by atoms with Gasteiger partial charge in [0.15, 0.2) is 0 Å². The van der Waals surface area contributed by atoms with Gasteiger partial charge in [-0.15, -0.1) is 0 Å². The van der Waals surface area contributed by atoms with Crippen molar-refractivity contribution < 1.29 is 4.92 Å². The summed E-state index contributed by atoms with van der Waals surface area (Å²) in [5.74, 6) is 0. The van der Waals surface area contributed by atoms with Crippen LogP contribution >= 0.6 is 0 Å². The minimum absolute atomic E-state index is 0.0469. The number of nitrogens with two attached hydrogens (primary N) is 2. The zero-order valence-electron chi connectivity index (χ0n) is 7.56. The fourth-order valence-corrected chi connectivity index (χ4v) is 2.90. The molecule has 0 amide bonds.